The van der Waals surface area contributed by atoms with E-state index < -0.39 is 0 Å². The quantitative estimate of drug-likeness (QED) is 0.728. The van der Waals surface area contributed by atoms with E-state index in [2.05, 4.69) is 24.1 Å². The van der Waals surface area contributed by atoms with Crippen molar-refractivity contribution in [1.29, 1.82) is 0 Å². The zero-order valence-electron chi connectivity index (χ0n) is 12.8. The lowest BCUT2D eigenvalue weighted by atomic mass is 10.2. The average molecular weight is 269 g/mol. The molecule has 0 aromatic rings. The molecule has 1 N–H and O–H groups in total. The van der Waals surface area contributed by atoms with Crippen LogP contribution < -0.4 is 5.32 Å². The molecule has 1 aliphatic heterocycles. The van der Waals surface area contributed by atoms with Gasteiger partial charge in [-0.1, -0.05) is 13.8 Å². The van der Waals surface area contributed by atoms with Gasteiger partial charge in [0.1, 0.15) is 0 Å². The van der Waals surface area contributed by atoms with E-state index in [-0.39, 0.29) is 0 Å². The molecule has 1 amide bonds. The summed E-state index contributed by atoms with van der Waals surface area (Å²) in [6.45, 7) is 11.6. The molecule has 19 heavy (non-hydrogen) atoms. The van der Waals surface area contributed by atoms with Gasteiger partial charge in [0, 0.05) is 26.1 Å². The van der Waals surface area contributed by atoms with Crippen LogP contribution in [0.1, 0.15) is 46.0 Å². The van der Waals surface area contributed by atoms with Gasteiger partial charge in [-0.2, -0.15) is 0 Å². The lowest BCUT2D eigenvalue weighted by Crippen LogP contribution is -2.35. The molecule has 0 radical (unpaired) electrons. The Morgan fingerprint density at radius 1 is 1.11 bits per heavy atom. The smallest absolute Gasteiger partial charge is 0.222 e. The lowest BCUT2D eigenvalue weighted by molar-refractivity contribution is -0.131. The summed E-state index contributed by atoms with van der Waals surface area (Å²) in [5.41, 5.74) is 0. The zero-order chi connectivity index (χ0) is 13.9. The number of nitrogens with zero attached hydrogens (tertiary/aromatic N) is 2. The Labute approximate surface area is 118 Å². The largest absolute Gasteiger partial charge is 0.341 e. The van der Waals surface area contributed by atoms with E-state index in [9.17, 15) is 4.79 Å². The van der Waals surface area contributed by atoms with Crippen LogP contribution in [0, 0.1) is 0 Å². The number of hydrogen-bond donors (Lipinski definition) is 1. The van der Waals surface area contributed by atoms with Crippen LogP contribution in [0.4, 0.5) is 0 Å². The molecule has 0 aliphatic carbocycles. The lowest BCUT2D eigenvalue weighted by Gasteiger charge is -2.23. The van der Waals surface area contributed by atoms with Crippen LogP contribution in [-0.2, 0) is 4.79 Å². The highest BCUT2D eigenvalue weighted by Gasteiger charge is 2.15. The van der Waals surface area contributed by atoms with E-state index >= 15 is 0 Å². The van der Waals surface area contributed by atoms with Crippen molar-refractivity contribution in [3.05, 3.63) is 0 Å². The van der Waals surface area contributed by atoms with E-state index in [1.165, 1.54) is 12.8 Å². The minimum absolute atomic E-state index is 0.344. The van der Waals surface area contributed by atoms with Crippen molar-refractivity contribution in [1.82, 2.24) is 15.1 Å². The third-order valence-corrected chi connectivity index (χ3v) is 3.64. The first kappa shape index (κ1) is 16.4. The van der Waals surface area contributed by atoms with E-state index in [0.717, 1.165) is 58.7 Å². The number of hydrogen-bond acceptors (Lipinski definition) is 3. The van der Waals surface area contributed by atoms with Crippen molar-refractivity contribution >= 4 is 5.91 Å². The molecule has 1 rings (SSSR count). The summed E-state index contributed by atoms with van der Waals surface area (Å²) in [4.78, 5) is 16.6. The van der Waals surface area contributed by atoms with Gasteiger partial charge in [-0.25, -0.2) is 0 Å². The van der Waals surface area contributed by atoms with Crippen molar-refractivity contribution in [2.24, 2.45) is 0 Å². The Bertz CT molecular complexity index is 232. The summed E-state index contributed by atoms with van der Waals surface area (Å²) in [5.74, 6) is 0.344. The number of amides is 1. The molecule has 1 saturated heterocycles. The van der Waals surface area contributed by atoms with Crippen molar-refractivity contribution in [3.63, 3.8) is 0 Å². The minimum Gasteiger partial charge on any atom is -0.341 e. The van der Waals surface area contributed by atoms with Crippen LogP contribution >= 0.6 is 0 Å². The Kier molecular flexibility index (Phi) is 8.84. The van der Waals surface area contributed by atoms with Crippen LogP contribution in [0.3, 0.4) is 0 Å². The van der Waals surface area contributed by atoms with Crippen LogP contribution in [0.15, 0.2) is 0 Å². The highest BCUT2D eigenvalue weighted by molar-refractivity contribution is 5.76. The molecular weight excluding hydrogens is 238 g/mol. The fraction of sp³-hybridized carbons (Fsp3) is 0.933. The molecule has 0 bridgehead atoms. The van der Waals surface area contributed by atoms with E-state index in [0.29, 0.717) is 12.3 Å². The summed E-state index contributed by atoms with van der Waals surface area (Å²) < 4.78 is 0. The molecule has 1 fully saturated rings. The van der Waals surface area contributed by atoms with Gasteiger partial charge in [-0.15, -0.1) is 0 Å². The summed E-state index contributed by atoms with van der Waals surface area (Å²) in [7, 11) is 0. The number of carbonyl (C=O) groups is 1. The number of rotatable bonds is 8. The Balaban J connectivity index is 2.20. The summed E-state index contributed by atoms with van der Waals surface area (Å²) in [6.07, 6.45) is 5.20. The van der Waals surface area contributed by atoms with Crippen LogP contribution in [-0.4, -0.2) is 61.5 Å². The topological polar surface area (TPSA) is 35.6 Å². The summed E-state index contributed by atoms with van der Waals surface area (Å²) in [5, 5.41) is 3.34. The average Bonchev–Trinajstić information content (AvgIpc) is 2.68. The van der Waals surface area contributed by atoms with Gasteiger partial charge in [0.25, 0.3) is 0 Å². The van der Waals surface area contributed by atoms with Crippen molar-refractivity contribution in [2.75, 3.05) is 45.8 Å². The van der Waals surface area contributed by atoms with Gasteiger partial charge in [-0.3, -0.25) is 4.79 Å². The molecule has 0 aromatic heterocycles. The second-order valence-electron chi connectivity index (χ2n) is 5.43. The van der Waals surface area contributed by atoms with Crippen LogP contribution in [0.25, 0.3) is 0 Å². The molecule has 1 heterocycles. The van der Waals surface area contributed by atoms with Crippen LogP contribution in [0.5, 0.6) is 0 Å². The van der Waals surface area contributed by atoms with Crippen molar-refractivity contribution < 1.29 is 4.79 Å². The Hall–Kier alpha value is -0.610. The van der Waals surface area contributed by atoms with Crippen molar-refractivity contribution in [2.45, 2.75) is 46.0 Å². The van der Waals surface area contributed by atoms with Gasteiger partial charge < -0.3 is 15.1 Å². The zero-order valence-corrected chi connectivity index (χ0v) is 12.8. The first-order chi connectivity index (χ1) is 9.27. The monoisotopic (exact) mass is 269 g/mol. The van der Waals surface area contributed by atoms with Gasteiger partial charge >= 0.3 is 0 Å². The molecule has 4 nitrogen and oxygen atoms in total. The Morgan fingerprint density at radius 3 is 2.53 bits per heavy atom. The SMILES string of the molecule is CCCN(CCC)CCCC(=O)N1CCCNCC1. The Morgan fingerprint density at radius 2 is 1.84 bits per heavy atom. The molecular formula is C15H31N3O. The van der Waals surface area contributed by atoms with Crippen LogP contribution in [0.2, 0.25) is 0 Å². The third kappa shape index (κ3) is 6.92. The fourth-order valence-electron chi connectivity index (χ4n) is 2.68. The second-order valence-corrected chi connectivity index (χ2v) is 5.43. The van der Waals surface area contributed by atoms with Gasteiger partial charge in [0.15, 0.2) is 0 Å². The third-order valence-electron chi connectivity index (χ3n) is 3.64. The standard InChI is InChI=1S/C15H31N3O/c1-3-10-17(11-4-2)12-5-7-15(19)18-13-6-8-16-9-14-18/h16H,3-14H2,1-2H3. The molecule has 0 unspecified atom stereocenters. The predicted molar refractivity (Wildman–Crippen MR) is 80.3 cm³/mol. The highest BCUT2D eigenvalue weighted by atomic mass is 16.2. The van der Waals surface area contributed by atoms with Crippen molar-refractivity contribution in [3.8, 4) is 0 Å². The summed E-state index contributed by atoms with van der Waals surface area (Å²) in [6, 6.07) is 0. The fourth-order valence-corrected chi connectivity index (χ4v) is 2.68. The minimum atomic E-state index is 0.344. The normalized spacial score (nSPS) is 16.7. The molecule has 0 saturated carbocycles. The summed E-state index contributed by atoms with van der Waals surface area (Å²) >= 11 is 0. The number of carbonyl (C=O) groups excluding carboxylic acids is 1. The second kappa shape index (κ2) is 10.2. The maximum absolute atomic E-state index is 12.1. The maximum atomic E-state index is 12.1. The van der Waals surface area contributed by atoms with E-state index in [1.54, 1.807) is 0 Å². The molecule has 4 heteroatoms. The first-order valence-electron chi connectivity index (χ1n) is 7.98. The molecule has 0 atom stereocenters. The maximum Gasteiger partial charge on any atom is 0.222 e. The van der Waals surface area contributed by atoms with Gasteiger partial charge in [0.05, 0.1) is 0 Å². The van der Waals surface area contributed by atoms with E-state index in [1.807, 2.05) is 4.90 Å². The number of nitrogens with one attached hydrogen (secondary N) is 1. The highest BCUT2D eigenvalue weighted by Crippen LogP contribution is 2.04. The van der Waals surface area contributed by atoms with Gasteiger partial charge in [-0.05, 0) is 51.9 Å². The molecule has 112 valence electrons. The predicted octanol–water partition coefficient (Wildman–Crippen LogP) is 1.71. The van der Waals surface area contributed by atoms with Gasteiger partial charge in [0.2, 0.25) is 5.91 Å². The molecule has 0 spiro atoms. The molecule has 0 aromatic carbocycles. The first-order valence-corrected chi connectivity index (χ1v) is 7.98. The van der Waals surface area contributed by atoms with E-state index in [4.69, 9.17) is 0 Å². The molecule has 1 aliphatic rings.